The van der Waals surface area contributed by atoms with Gasteiger partial charge in [-0.25, -0.2) is 9.56 Å². The van der Waals surface area contributed by atoms with Crippen LogP contribution in [0.1, 0.15) is 66.9 Å². The topological polar surface area (TPSA) is 221 Å². The predicted molar refractivity (Wildman–Crippen MR) is 189 cm³/mol. The third-order valence-corrected chi connectivity index (χ3v) is 7.86. The van der Waals surface area contributed by atoms with Crippen molar-refractivity contribution in [3.63, 3.8) is 0 Å². The molecular formula is C33H38Cl2N5O7P. The molecule has 0 amide bonds. The molecule has 0 radical (unpaired) electrons. The molecule has 0 saturated heterocycles. The number of nitrogens with zero attached hydrogens (tertiary/aromatic N) is 2. The predicted octanol–water partition coefficient (Wildman–Crippen LogP) is 6.21. The van der Waals surface area contributed by atoms with Crippen LogP contribution in [-0.4, -0.2) is 49.3 Å². The van der Waals surface area contributed by atoms with Crippen molar-refractivity contribution in [2.24, 2.45) is 27.4 Å². The summed E-state index contributed by atoms with van der Waals surface area (Å²) in [7, 11) is -4.64. The van der Waals surface area contributed by atoms with E-state index < -0.39 is 19.4 Å². The van der Waals surface area contributed by atoms with E-state index in [1.807, 2.05) is 26.0 Å². The number of ketones is 2. The molecule has 0 aromatic heterocycles. The molecule has 15 heteroatoms. The van der Waals surface area contributed by atoms with E-state index in [0.29, 0.717) is 27.6 Å². The number of hydrogen-bond donors (Lipinski definition) is 7. The summed E-state index contributed by atoms with van der Waals surface area (Å²) >= 11 is 11.7. The second-order valence-electron chi connectivity index (χ2n) is 11.3. The number of benzene rings is 3. The number of nitrogens with two attached hydrogens (primary N) is 2. The first-order chi connectivity index (χ1) is 22.5. The van der Waals surface area contributed by atoms with Crippen LogP contribution in [0.2, 0.25) is 10.0 Å². The zero-order valence-corrected chi connectivity index (χ0v) is 28.7. The van der Waals surface area contributed by atoms with Gasteiger partial charge < -0.3 is 36.6 Å². The van der Waals surface area contributed by atoms with Gasteiger partial charge in [0.1, 0.15) is 5.76 Å². The minimum atomic E-state index is -4.64. The van der Waals surface area contributed by atoms with Gasteiger partial charge in [0, 0.05) is 38.5 Å². The van der Waals surface area contributed by atoms with Crippen molar-refractivity contribution in [2.45, 2.75) is 51.5 Å². The monoisotopic (exact) mass is 717 g/mol. The average molecular weight is 719 g/mol. The van der Waals surface area contributed by atoms with Gasteiger partial charge in [-0.1, -0.05) is 59.6 Å². The summed E-state index contributed by atoms with van der Waals surface area (Å²) in [6, 6.07) is 21.9. The number of anilines is 1. The third kappa shape index (κ3) is 11.9. The molecule has 1 fully saturated rings. The SMILES string of the molecule is CC(C)N=C(N)N=C(N)Nc1ccc(Cl)cc1.O=C1C(=O)c2ccccc2C(O)=C1C1CCC(c2ccc(Cl)cc2)CC1.O=P(O)(O)O. The number of hydrogen-bond acceptors (Lipinski definition) is 5. The van der Waals surface area contributed by atoms with Gasteiger partial charge in [0.15, 0.2) is 0 Å². The lowest BCUT2D eigenvalue weighted by molar-refractivity contribution is -0.112. The molecule has 48 heavy (non-hydrogen) atoms. The number of allylic oxidation sites excluding steroid dienone is 1. The van der Waals surface area contributed by atoms with Crippen molar-refractivity contribution in [3.8, 4) is 0 Å². The highest BCUT2D eigenvalue weighted by Gasteiger charge is 2.38. The molecule has 3 aromatic carbocycles. The van der Waals surface area contributed by atoms with E-state index in [1.165, 1.54) is 5.56 Å². The highest BCUT2D eigenvalue weighted by Crippen LogP contribution is 2.42. The van der Waals surface area contributed by atoms with Gasteiger partial charge in [0.05, 0.1) is 0 Å². The van der Waals surface area contributed by atoms with Crippen LogP contribution >= 0.6 is 31.0 Å². The summed E-state index contributed by atoms with van der Waals surface area (Å²) in [5.74, 6) is -0.367. The highest BCUT2D eigenvalue weighted by molar-refractivity contribution is 7.45. The number of aliphatic hydroxyl groups excluding tert-OH is 1. The fourth-order valence-electron chi connectivity index (χ4n) is 5.34. The van der Waals surface area contributed by atoms with Crippen LogP contribution in [0.4, 0.5) is 5.69 Å². The van der Waals surface area contributed by atoms with Crippen LogP contribution in [0.25, 0.3) is 5.76 Å². The number of aliphatic imine (C=N–C) groups is 2. The lowest BCUT2D eigenvalue weighted by Crippen LogP contribution is -2.29. The van der Waals surface area contributed by atoms with E-state index >= 15 is 0 Å². The van der Waals surface area contributed by atoms with Crippen molar-refractivity contribution >= 4 is 66.0 Å². The second kappa shape index (κ2) is 17.4. The van der Waals surface area contributed by atoms with Crippen molar-refractivity contribution in [2.75, 3.05) is 5.32 Å². The Morgan fingerprint density at radius 3 is 1.81 bits per heavy atom. The number of halogens is 2. The molecule has 0 unspecified atom stereocenters. The van der Waals surface area contributed by atoms with Crippen LogP contribution in [0.3, 0.4) is 0 Å². The van der Waals surface area contributed by atoms with Gasteiger partial charge in [-0.15, -0.1) is 0 Å². The largest absolute Gasteiger partial charge is 0.507 e. The molecule has 5 rings (SSSR count). The number of fused-ring (bicyclic) bond motifs is 1. The van der Waals surface area contributed by atoms with Gasteiger partial charge in [-0.05, 0) is 93.3 Å². The van der Waals surface area contributed by atoms with Crippen LogP contribution < -0.4 is 16.8 Å². The minimum Gasteiger partial charge on any atom is -0.507 e. The zero-order valence-electron chi connectivity index (χ0n) is 26.3. The highest BCUT2D eigenvalue weighted by atomic mass is 35.5. The molecule has 0 heterocycles. The van der Waals surface area contributed by atoms with E-state index in [-0.39, 0.29) is 29.6 Å². The number of carbonyl (C=O) groups excluding carboxylic acids is 2. The first-order valence-corrected chi connectivity index (χ1v) is 17.2. The molecule has 0 spiro atoms. The van der Waals surface area contributed by atoms with E-state index in [1.54, 1.807) is 48.5 Å². The van der Waals surface area contributed by atoms with Gasteiger partial charge in [-0.3, -0.25) is 9.59 Å². The fourth-order valence-corrected chi connectivity index (χ4v) is 5.59. The van der Waals surface area contributed by atoms with Crippen LogP contribution in [-0.2, 0) is 9.36 Å². The number of carbonyl (C=O) groups is 2. The smallest absolute Gasteiger partial charge is 0.466 e. The van der Waals surface area contributed by atoms with Gasteiger partial charge in [0.2, 0.25) is 23.5 Å². The number of phosphoric acid groups is 1. The van der Waals surface area contributed by atoms with Crippen molar-refractivity contribution in [3.05, 3.63) is 105 Å². The first-order valence-electron chi connectivity index (χ1n) is 14.9. The Hall–Kier alpha value is -4.03. The van der Waals surface area contributed by atoms with Gasteiger partial charge in [0.25, 0.3) is 0 Å². The quantitative estimate of drug-likeness (QED) is 0.0700. The maximum Gasteiger partial charge on any atom is 0.466 e. The number of rotatable bonds is 4. The first kappa shape index (κ1) is 38.4. The zero-order chi connectivity index (χ0) is 35.6. The summed E-state index contributed by atoms with van der Waals surface area (Å²) < 4.78 is 8.88. The molecular weight excluding hydrogens is 680 g/mol. The van der Waals surface area contributed by atoms with Crippen LogP contribution in [0.5, 0.6) is 0 Å². The van der Waals surface area contributed by atoms with Gasteiger partial charge >= 0.3 is 7.82 Å². The lowest BCUT2D eigenvalue weighted by atomic mass is 9.72. The molecule has 0 atom stereocenters. The Balaban J connectivity index is 0.000000245. The normalized spacial score (nSPS) is 18.3. The molecule has 0 aliphatic heterocycles. The number of Topliss-reactive ketones (excluding diaryl/α,β-unsaturated/α-hetero) is 2. The summed E-state index contributed by atoms with van der Waals surface area (Å²) in [5.41, 5.74) is 14.4. The Kier molecular flexibility index (Phi) is 13.9. The average Bonchev–Trinajstić information content (AvgIpc) is 3.01. The number of aliphatic hydroxyl groups is 1. The Bertz CT molecular complexity index is 1720. The second-order valence-corrected chi connectivity index (χ2v) is 13.2. The summed E-state index contributed by atoms with van der Waals surface area (Å²) in [5, 5.41) is 14.9. The Morgan fingerprint density at radius 1 is 0.812 bits per heavy atom. The molecule has 2 aliphatic carbocycles. The molecule has 0 bridgehead atoms. The third-order valence-electron chi connectivity index (χ3n) is 7.35. The van der Waals surface area contributed by atoms with Crippen molar-refractivity contribution < 1.29 is 33.9 Å². The summed E-state index contributed by atoms with van der Waals surface area (Å²) in [4.78, 5) is 54.5. The minimum absolute atomic E-state index is 0.0138. The molecule has 1 saturated carbocycles. The van der Waals surface area contributed by atoms with Crippen molar-refractivity contribution in [1.82, 2.24) is 0 Å². The summed E-state index contributed by atoms with van der Waals surface area (Å²) in [6.07, 6.45) is 3.42. The van der Waals surface area contributed by atoms with E-state index in [2.05, 4.69) is 27.4 Å². The molecule has 256 valence electrons. The summed E-state index contributed by atoms with van der Waals surface area (Å²) in [6.45, 7) is 3.82. The number of guanidine groups is 2. The molecule has 2 aliphatic rings. The van der Waals surface area contributed by atoms with Crippen LogP contribution in [0.15, 0.2) is 88.4 Å². The van der Waals surface area contributed by atoms with Crippen LogP contribution in [0, 0.1) is 5.92 Å². The maximum absolute atomic E-state index is 12.6. The molecule has 3 aromatic rings. The van der Waals surface area contributed by atoms with E-state index in [0.717, 1.165) is 36.4 Å². The van der Waals surface area contributed by atoms with Gasteiger partial charge in [-0.2, -0.15) is 4.99 Å². The molecule has 12 nitrogen and oxygen atoms in total. The van der Waals surface area contributed by atoms with E-state index in [9.17, 15) is 14.7 Å². The number of nitrogens with one attached hydrogen (secondary N) is 1. The van der Waals surface area contributed by atoms with Crippen molar-refractivity contribution in [1.29, 1.82) is 0 Å². The lowest BCUT2D eigenvalue weighted by Gasteiger charge is -2.31. The Morgan fingerprint density at radius 2 is 1.29 bits per heavy atom. The van der Waals surface area contributed by atoms with E-state index in [4.69, 9.17) is 53.9 Å². The molecule has 9 N–H and O–H groups in total. The standard InChI is InChI=1S/C22H19ClO3.C11H16ClN5.H3O4P/c23-16-11-9-14(10-12-16)13-5-7-15(8-6-13)19-20(24)17-3-1-2-4-18(17)21(25)22(19)26;1-7(2)15-10(13)17-11(14)16-9-5-3-8(12)4-6-9;1-5(2,3)4/h1-4,9-13,15,24H,5-8H2;3-7H,1-2H3,(H5,13,14,15,16,17);(H3,1,2,3,4). The Labute approximate surface area is 288 Å². The fraction of sp³-hybridized carbons (Fsp3) is 0.273. The maximum atomic E-state index is 12.6.